The molecular formula is C6H13NO2. The number of aliphatic hydroxyl groups is 1. The van der Waals surface area contributed by atoms with E-state index in [2.05, 4.69) is 0 Å². The van der Waals surface area contributed by atoms with E-state index >= 15 is 0 Å². The Balaban J connectivity index is 3.71. The third kappa shape index (κ3) is 4.12. The van der Waals surface area contributed by atoms with Gasteiger partial charge in [0.15, 0.2) is 0 Å². The molecule has 0 bridgehead atoms. The van der Waals surface area contributed by atoms with E-state index < -0.39 is 11.6 Å². The van der Waals surface area contributed by atoms with Gasteiger partial charge in [0, 0.05) is 0 Å². The number of rotatable bonds is 3. The number of carbonyl (C=O) groups excluding carboxylic acids is 1. The lowest BCUT2D eigenvalue weighted by Gasteiger charge is -2.17. The van der Waals surface area contributed by atoms with Crippen LogP contribution >= 0.6 is 0 Å². The summed E-state index contributed by atoms with van der Waals surface area (Å²) in [4.78, 5) is 10.1. The summed E-state index contributed by atoms with van der Waals surface area (Å²) in [5.74, 6) is 0. The summed E-state index contributed by atoms with van der Waals surface area (Å²) < 4.78 is 0. The number of carbonyl (C=O) groups is 1. The van der Waals surface area contributed by atoms with E-state index in [4.69, 9.17) is 10.8 Å². The number of aliphatic hydroxyl groups excluding tert-OH is 1. The van der Waals surface area contributed by atoms with Gasteiger partial charge in [-0.1, -0.05) is 0 Å². The van der Waals surface area contributed by atoms with Crippen molar-refractivity contribution in [2.75, 3.05) is 0 Å². The minimum atomic E-state index is -0.867. The smallest absolute Gasteiger partial charge is 0.139 e. The molecule has 54 valence electrons. The molecule has 3 heteroatoms. The summed E-state index contributed by atoms with van der Waals surface area (Å²) >= 11 is 0. The molecule has 0 aromatic heterocycles. The number of nitrogens with two attached hydrogens (primary N) is 1. The number of aldehydes is 1. The standard InChI is InChI=1S/C6H13NO2/c1-5(9)3-6(2,7)4-8/h4-5,9H,3,7H2,1-2H3. The second kappa shape index (κ2) is 2.94. The predicted octanol–water partition coefficient (Wildman–Crippen LogP) is -0.326. The molecule has 9 heavy (non-hydrogen) atoms. The quantitative estimate of drug-likeness (QED) is 0.516. The zero-order valence-electron chi connectivity index (χ0n) is 5.79. The Morgan fingerprint density at radius 2 is 2.33 bits per heavy atom. The maximum atomic E-state index is 10.1. The lowest BCUT2D eigenvalue weighted by Crippen LogP contribution is -2.40. The van der Waals surface area contributed by atoms with Gasteiger partial charge in [0.2, 0.25) is 0 Å². The van der Waals surface area contributed by atoms with Crippen LogP contribution in [0.2, 0.25) is 0 Å². The fourth-order valence-corrected chi connectivity index (χ4v) is 0.685. The van der Waals surface area contributed by atoms with Crippen LogP contribution in [0.15, 0.2) is 0 Å². The third-order valence-corrected chi connectivity index (χ3v) is 1.00. The van der Waals surface area contributed by atoms with Gasteiger partial charge in [-0.2, -0.15) is 0 Å². The van der Waals surface area contributed by atoms with Crippen molar-refractivity contribution in [3.63, 3.8) is 0 Å². The molecule has 0 amide bonds. The third-order valence-electron chi connectivity index (χ3n) is 1.00. The lowest BCUT2D eigenvalue weighted by molar-refractivity contribution is -0.112. The predicted molar refractivity (Wildman–Crippen MR) is 35.0 cm³/mol. The summed E-state index contributed by atoms with van der Waals surface area (Å²) in [6, 6.07) is 0. The molecular weight excluding hydrogens is 118 g/mol. The summed E-state index contributed by atoms with van der Waals surface area (Å²) in [6.45, 7) is 3.20. The second-order valence-corrected chi connectivity index (χ2v) is 2.68. The molecule has 0 aromatic carbocycles. The zero-order chi connectivity index (χ0) is 7.49. The molecule has 0 aromatic rings. The topological polar surface area (TPSA) is 63.3 Å². The molecule has 0 aliphatic carbocycles. The van der Waals surface area contributed by atoms with E-state index in [1.165, 1.54) is 0 Å². The van der Waals surface area contributed by atoms with Gasteiger partial charge in [-0.3, -0.25) is 0 Å². The first-order chi connectivity index (χ1) is 3.98. The Morgan fingerprint density at radius 3 is 2.44 bits per heavy atom. The largest absolute Gasteiger partial charge is 0.393 e. The molecule has 0 heterocycles. The van der Waals surface area contributed by atoms with Crippen LogP contribution in [0.5, 0.6) is 0 Å². The molecule has 2 atom stereocenters. The highest BCUT2D eigenvalue weighted by molar-refractivity contribution is 5.62. The fraction of sp³-hybridized carbons (Fsp3) is 0.833. The van der Waals surface area contributed by atoms with Gasteiger partial charge in [-0.25, -0.2) is 0 Å². The molecule has 0 aliphatic heterocycles. The van der Waals surface area contributed by atoms with Crippen molar-refractivity contribution in [2.24, 2.45) is 5.73 Å². The Kier molecular flexibility index (Phi) is 2.81. The molecule has 0 radical (unpaired) electrons. The minimum Gasteiger partial charge on any atom is -0.393 e. The van der Waals surface area contributed by atoms with E-state index in [1.807, 2.05) is 0 Å². The average molecular weight is 131 g/mol. The van der Waals surface area contributed by atoms with Crippen molar-refractivity contribution >= 4 is 6.29 Å². The van der Waals surface area contributed by atoms with E-state index in [1.54, 1.807) is 13.8 Å². The Morgan fingerprint density at radius 1 is 1.89 bits per heavy atom. The van der Waals surface area contributed by atoms with E-state index in [9.17, 15) is 4.79 Å². The van der Waals surface area contributed by atoms with Crippen LogP contribution in [-0.4, -0.2) is 23.0 Å². The van der Waals surface area contributed by atoms with E-state index in [0.717, 1.165) is 0 Å². The zero-order valence-corrected chi connectivity index (χ0v) is 5.79. The van der Waals surface area contributed by atoms with Crippen molar-refractivity contribution in [1.82, 2.24) is 0 Å². The summed E-state index contributed by atoms with van der Waals surface area (Å²) in [7, 11) is 0. The first kappa shape index (κ1) is 8.59. The van der Waals surface area contributed by atoms with Gasteiger partial charge >= 0.3 is 0 Å². The first-order valence-corrected chi connectivity index (χ1v) is 2.91. The minimum absolute atomic E-state index is 0.316. The molecule has 0 fully saturated rings. The SMILES string of the molecule is CC(O)CC(C)(N)C=O. The highest BCUT2D eigenvalue weighted by Crippen LogP contribution is 2.04. The van der Waals surface area contributed by atoms with Crippen LogP contribution in [0.1, 0.15) is 20.3 Å². The molecule has 0 saturated carbocycles. The van der Waals surface area contributed by atoms with Gasteiger partial charge in [0.05, 0.1) is 11.6 Å². The van der Waals surface area contributed by atoms with E-state index in [0.29, 0.717) is 12.7 Å². The Hall–Kier alpha value is -0.410. The van der Waals surface area contributed by atoms with Crippen LogP contribution in [0.4, 0.5) is 0 Å². The van der Waals surface area contributed by atoms with Crippen molar-refractivity contribution in [3.05, 3.63) is 0 Å². The highest BCUT2D eigenvalue weighted by atomic mass is 16.3. The fourth-order valence-electron chi connectivity index (χ4n) is 0.685. The molecule has 3 N–H and O–H groups in total. The molecule has 2 unspecified atom stereocenters. The average Bonchev–Trinajstić information content (AvgIpc) is 1.63. The van der Waals surface area contributed by atoms with Gasteiger partial charge < -0.3 is 15.6 Å². The summed E-state index contributed by atoms with van der Waals surface area (Å²) in [5.41, 5.74) is 4.52. The Labute approximate surface area is 54.9 Å². The molecule has 0 saturated heterocycles. The van der Waals surface area contributed by atoms with Crippen molar-refractivity contribution in [1.29, 1.82) is 0 Å². The van der Waals surface area contributed by atoms with Crippen LogP contribution in [-0.2, 0) is 4.79 Å². The Bertz CT molecular complexity index is 99.2. The number of hydrogen-bond donors (Lipinski definition) is 2. The maximum Gasteiger partial charge on any atom is 0.139 e. The lowest BCUT2D eigenvalue weighted by atomic mass is 9.98. The summed E-state index contributed by atoms with van der Waals surface area (Å²) in [5, 5.41) is 8.78. The van der Waals surface area contributed by atoms with Gasteiger partial charge in [-0.05, 0) is 20.3 Å². The molecule has 0 rings (SSSR count). The molecule has 0 spiro atoms. The van der Waals surface area contributed by atoms with Crippen molar-refractivity contribution < 1.29 is 9.90 Å². The van der Waals surface area contributed by atoms with Crippen molar-refractivity contribution in [3.8, 4) is 0 Å². The number of hydrogen-bond acceptors (Lipinski definition) is 3. The second-order valence-electron chi connectivity index (χ2n) is 2.68. The van der Waals surface area contributed by atoms with Gasteiger partial charge in [0.1, 0.15) is 6.29 Å². The van der Waals surface area contributed by atoms with Crippen LogP contribution in [0.25, 0.3) is 0 Å². The normalized spacial score (nSPS) is 20.4. The first-order valence-electron chi connectivity index (χ1n) is 2.91. The van der Waals surface area contributed by atoms with Crippen molar-refractivity contribution in [2.45, 2.75) is 31.9 Å². The highest BCUT2D eigenvalue weighted by Gasteiger charge is 2.18. The molecule has 3 nitrogen and oxygen atoms in total. The molecule has 0 aliphatic rings. The van der Waals surface area contributed by atoms with Crippen LogP contribution in [0.3, 0.4) is 0 Å². The van der Waals surface area contributed by atoms with Crippen LogP contribution in [0, 0.1) is 0 Å². The van der Waals surface area contributed by atoms with Crippen LogP contribution < -0.4 is 5.73 Å². The van der Waals surface area contributed by atoms with Gasteiger partial charge in [0.25, 0.3) is 0 Å². The summed E-state index contributed by atoms with van der Waals surface area (Å²) in [6.07, 6.45) is 0.459. The van der Waals surface area contributed by atoms with E-state index in [-0.39, 0.29) is 0 Å². The maximum absolute atomic E-state index is 10.1. The van der Waals surface area contributed by atoms with Gasteiger partial charge in [-0.15, -0.1) is 0 Å². The monoisotopic (exact) mass is 131 g/mol.